The van der Waals surface area contributed by atoms with Gasteiger partial charge in [0.15, 0.2) is 5.13 Å². The molecule has 144 valence electrons. The molecule has 8 heteroatoms. The minimum absolute atomic E-state index is 0.0961. The second kappa shape index (κ2) is 7.12. The Morgan fingerprint density at radius 2 is 1.93 bits per heavy atom. The summed E-state index contributed by atoms with van der Waals surface area (Å²) >= 11 is 1.33. The SMILES string of the molecule is Cc1ccc(S(N)(=O)=O)cc1C(=O)Nc1nc(-c2ccc3c(c2)CCC3)cs1. The van der Waals surface area contributed by atoms with Crippen LogP contribution in [0, 0.1) is 6.92 Å². The van der Waals surface area contributed by atoms with Crippen molar-refractivity contribution < 1.29 is 13.2 Å². The molecule has 0 fully saturated rings. The average Bonchev–Trinajstić information content (AvgIpc) is 3.29. The van der Waals surface area contributed by atoms with E-state index in [2.05, 4.69) is 28.5 Å². The van der Waals surface area contributed by atoms with Crippen molar-refractivity contribution in [3.63, 3.8) is 0 Å². The number of carbonyl (C=O) groups excluding carboxylic acids is 1. The number of hydrogen-bond acceptors (Lipinski definition) is 5. The average molecular weight is 414 g/mol. The van der Waals surface area contributed by atoms with Crippen molar-refractivity contribution in [3.8, 4) is 11.3 Å². The van der Waals surface area contributed by atoms with Gasteiger partial charge in [0.05, 0.1) is 10.6 Å². The third-order valence-electron chi connectivity index (χ3n) is 4.90. The first-order valence-corrected chi connectivity index (χ1v) is 11.3. The molecule has 0 radical (unpaired) electrons. The highest BCUT2D eigenvalue weighted by atomic mass is 32.2. The predicted molar refractivity (Wildman–Crippen MR) is 110 cm³/mol. The van der Waals surface area contributed by atoms with E-state index < -0.39 is 15.9 Å². The second-order valence-corrected chi connectivity index (χ2v) is 9.27. The lowest BCUT2D eigenvalue weighted by molar-refractivity contribution is 0.102. The molecule has 0 saturated carbocycles. The fourth-order valence-corrected chi connectivity index (χ4v) is 4.64. The van der Waals surface area contributed by atoms with E-state index in [0.29, 0.717) is 10.7 Å². The largest absolute Gasteiger partial charge is 0.298 e. The number of amides is 1. The summed E-state index contributed by atoms with van der Waals surface area (Å²) in [5.41, 5.74) is 5.51. The van der Waals surface area contributed by atoms with Crippen molar-refractivity contribution in [2.24, 2.45) is 5.14 Å². The molecule has 1 heterocycles. The van der Waals surface area contributed by atoms with Crippen LogP contribution in [0.2, 0.25) is 0 Å². The Morgan fingerprint density at radius 3 is 2.71 bits per heavy atom. The van der Waals surface area contributed by atoms with Crippen LogP contribution in [0.1, 0.15) is 33.5 Å². The van der Waals surface area contributed by atoms with Crippen LogP contribution >= 0.6 is 11.3 Å². The smallest absolute Gasteiger partial charge is 0.257 e. The Kier molecular flexibility index (Phi) is 4.78. The number of nitrogens with zero attached hydrogens (tertiary/aromatic N) is 1. The number of fused-ring (bicyclic) bond motifs is 1. The van der Waals surface area contributed by atoms with Gasteiger partial charge in [0.25, 0.3) is 5.91 Å². The molecular formula is C20H19N3O3S2. The molecule has 0 unspecified atom stereocenters. The number of aromatic nitrogens is 1. The summed E-state index contributed by atoms with van der Waals surface area (Å²) in [6.45, 7) is 1.74. The maximum atomic E-state index is 12.6. The molecule has 1 aromatic heterocycles. The van der Waals surface area contributed by atoms with E-state index >= 15 is 0 Å². The van der Waals surface area contributed by atoms with Crippen LogP contribution in [0.15, 0.2) is 46.7 Å². The maximum absolute atomic E-state index is 12.6. The van der Waals surface area contributed by atoms with Crippen molar-refractivity contribution in [1.82, 2.24) is 4.98 Å². The fourth-order valence-electron chi connectivity index (χ4n) is 3.38. The minimum Gasteiger partial charge on any atom is -0.298 e. The maximum Gasteiger partial charge on any atom is 0.257 e. The van der Waals surface area contributed by atoms with E-state index in [0.717, 1.165) is 24.1 Å². The van der Waals surface area contributed by atoms with E-state index in [-0.39, 0.29) is 10.5 Å². The zero-order valence-corrected chi connectivity index (χ0v) is 16.9. The van der Waals surface area contributed by atoms with E-state index in [4.69, 9.17) is 5.14 Å². The molecule has 0 saturated heterocycles. The van der Waals surface area contributed by atoms with Gasteiger partial charge in [0, 0.05) is 16.5 Å². The molecule has 0 spiro atoms. The van der Waals surface area contributed by atoms with Gasteiger partial charge in [0.1, 0.15) is 0 Å². The highest BCUT2D eigenvalue weighted by Gasteiger charge is 2.17. The van der Waals surface area contributed by atoms with Gasteiger partial charge in [-0.2, -0.15) is 0 Å². The third kappa shape index (κ3) is 3.71. The van der Waals surface area contributed by atoms with E-state index in [1.807, 2.05) is 5.38 Å². The van der Waals surface area contributed by atoms with Crippen LogP contribution < -0.4 is 10.5 Å². The van der Waals surface area contributed by atoms with Crippen LogP contribution in [0.25, 0.3) is 11.3 Å². The van der Waals surface area contributed by atoms with Gasteiger partial charge < -0.3 is 0 Å². The van der Waals surface area contributed by atoms with Gasteiger partial charge in [-0.05, 0) is 61.1 Å². The summed E-state index contributed by atoms with van der Waals surface area (Å²) in [5.74, 6) is -0.419. The van der Waals surface area contributed by atoms with Crippen molar-refractivity contribution in [2.75, 3.05) is 5.32 Å². The molecule has 1 aliphatic carbocycles. The van der Waals surface area contributed by atoms with Crippen molar-refractivity contribution in [1.29, 1.82) is 0 Å². The lowest BCUT2D eigenvalue weighted by Gasteiger charge is -2.07. The molecule has 1 amide bonds. The Morgan fingerprint density at radius 1 is 1.14 bits per heavy atom. The second-order valence-electron chi connectivity index (χ2n) is 6.85. The fraction of sp³-hybridized carbons (Fsp3) is 0.200. The number of rotatable bonds is 4. The van der Waals surface area contributed by atoms with Crippen LogP contribution in [-0.2, 0) is 22.9 Å². The van der Waals surface area contributed by atoms with Crippen LogP contribution in [0.3, 0.4) is 0 Å². The lowest BCUT2D eigenvalue weighted by atomic mass is 10.1. The molecule has 3 aromatic rings. The van der Waals surface area contributed by atoms with Gasteiger partial charge in [-0.25, -0.2) is 18.5 Å². The molecule has 2 aromatic carbocycles. The molecule has 0 atom stereocenters. The normalized spacial score (nSPS) is 13.4. The molecule has 28 heavy (non-hydrogen) atoms. The highest BCUT2D eigenvalue weighted by molar-refractivity contribution is 7.89. The summed E-state index contributed by atoms with van der Waals surface area (Å²) in [5, 5.41) is 10.3. The number of hydrogen-bond donors (Lipinski definition) is 2. The van der Waals surface area contributed by atoms with Crippen molar-refractivity contribution in [2.45, 2.75) is 31.1 Å². The van der Waals surface area contributed by atoms with Gasteiger partial charge in [0.2, 0.25) is 10.0 Å². The molecule has 0 bridgehead atoms. The number of thiazole rings is 1. The van der Waals surface area contributed by atoms with Gasteiger partial charge in [-0.1, -0.05) is 18.2 Å². The van der Waals surface area contributed by atoms with Crippen molar-refractivity contribution in [3.05, 3.63) is 64.0 Å². The molecule has 0 aliphatic heterocycles. The summed E-state index contributed by atoms with van der Waals surface area (Å²) in [6.07, 6.45) is 3.41. The summed E-state index contributed by atoms with van der Waals surface area (Å²) in [4.78, 5) is 17.1. The lowest BCUT2D eigenvalue weighted by Crippen LogP contribution is -2.17. The molecule has 6 nitrogen and oxygen atoms in total. The number of aryl methyl sites for hydroxylation is 3. The Bertz CT molecular complexity index is 1180. The summed E-state index contributed by atoms with van der Waals surface area (Å²) < 4.78 is 23.1. The number of primary sulfonamides is 1. The van der Waals surface area contributed by atoms with Crippen LogP contribution in [0.5, 0.6) is 0 Å². The number of anilines is 1. The predicted octanol–water partition coefficient (Wildman–Crippen LogP) is 3.51. The summed E-state index contributed by atoms with van der Waals surface area (Å²) in [6, 6.07) is 10.6. The van der Waals surface area contributed by atoms with Crippen LogP contribution in [-0.4, -0.2) is 19.3 Å². The first-order chi connectivity index (χ1) is 13.3. The van der Waals surface area contributed by atoms with E-state index in [1.165, 1.54) is 41.0 Å². The Hall–Kier alpha value is -2.55. The van der Waals surface area contributed by atoms with Gasteiger partial charge in [-0.15, -0.1) is 11.3 Å². The highest BCUT2D eigenvalue weighted by Crippen LogP contribution is 2.30. The van der Waals surface area contributed by atoms with E-state index in [9.17, 15) is 13.2 Å². The molecule has 3 N–H and O–H groups in total. The zero-order chi connectivity index (χ0) is 19.9. The molecule has 1 aliphatic rings. The standard InChI is InChI=1S/C20H19N3O3S2/c1-12-5-8-16(28(21,25)26)10-17(12)19(24)23-20-22-18(11-27-20)15-7-6-13-3-2-4-14(13)9-15/h5-11H,2-4H2,1H3,(H2,21,25,26)(H,22,23,24). The molecular weight excluding hydrogens is 394 g/mol. The Labute approximate surface area is 167 Å². The topological polar surface area (TPSA) is 102 Å². The zero-order valence-electron chi connectivity index (χ0n) is 15.2. The third-order valence-corrected chi connectivity index (χ3v) is 6.57. The van der Waals surface area contributed by atoms with E-state index in [1.54, 1.807) is 13.0 Å². The first kappa shape index (κ1) is 18.8. The van der Waals surface area contributed by atoms with Crippen LogP contribution in [0.4, 0.5) is 5.13 Å². The summed E-state index contributed by atoms with van der Waals surface area (Å²) in [7, 11) is -3.88. The number of nitrogens with one attached hydrogen (secondary N) is 1. The number of nitrogens with two attached hydrogens (primary N) is 1. The number of sulfonamides is 1. The van der Waals surface area contributed by atoms with Crippen molar-refractivity contribution >= 4 is 32.4 Å². The number of benzene rings is 2. The van der Waals surface area contributed by atoms with Gasteiger partial charge in [-0.3, -0.25) is 10.1 Å². The minimum atomic E-state index is -3.88. The number of carbonyl (C=O) groups is 1. The monoisotopic (exact) mass is 413 g/mol. The quantitative estimate of drug-likeness (QED) is 0.683. The first-order valence-electron chi connectivity index (χ1n) is 8.84. The Balaban J connectivity index is 1.57. The molecule has 4 rings (SSSR count). The van der Waals surface area contributed by atoms with Gasteiger partial charge >= 0.3 is 0 Å².